The predicted octanol–water partition coefficient (Wildman–Crippen LogP) is 2.77. The average molecular weight is 284 g/mol. The predicted molar refractivity (Wildman–Crippen MR) is 70.4 cm³/mol. The van der Waals surface area contributed by atoms with Crippen molar-refractivity contribution < 1.29 is 0 Å². The molecule has 3 nitrogen and oxygen atoms in total. The SMILES string of the molecule is NCC1CCCCC1Nc1ccncc1Br. The smallest absolute Gasteiger partial charge is 0.0590 e. The summed E-state index contributed by atoms with van der Waals surface area (Å²) in [5.41, 5.74) is 6.95. The highest BCUT2D eigenvalue weighted by Gasteiger charge is 2.23. The van der Waals surface area contributed by atoms with Gasteiger partial charge in [-0.25, -0.2) is 0 Å². The van der Waals surface area contributed by atoms with Crippen molar-refractivity contribution in [1.29, 1.82) is 0 Å². The van der Waals surface area contributed by atoms with Crippen LogP contribution in [-0.2, 0) is 0 Å². The third-order valence-corrected chi connectivity index (χ3v) is 3.96. The monoisotopic (exact) mass is 283 g/mol. The van der Waals surface area contributed by atoms with Gasteiger partial charge in [0.2, 0.25) is 0 Å². The average Bonchev–Trinajstić information content (AvgIpc) is 2.33. The number of halogens is 1. The first-order chi connectivity index (χ1) is 7.81. The summed E-state index contributed by atoms with van der Waals surface area (Å²) in [6.45, 7) is 0.778. The molecule has 0 saturated heterocycles. The highest BCUT2D eigenvalue weighted by atomic mass is 79.9. The summed E-state index contributed by atoms with van der Waals surface area (Å²) in [7, 11) is 0. The lowest BCUT2D eigenvalue weighted by Gasteiger charge is -2.32. The number of hydrogen-bond acceptors (Lipinski definition) is 3. The van der Waals surface area contributed by atoms with Gasteiger partial charge in [-0.3, -0.25) is 4.98 Å². The normalized spacial score (nSPS) is 25.4. The molecule has 1 aliphatic carbocycles. The van der Waals surface area contributed by atoms with Crippen LogP contribution in [0.5, 0.6) is 0 Å². The van der Waals surface area contributed by atoms with Crippen LogP contribution in [0.4, 0.5) is 5.69 Å². The van der Waals surface area contributed by atoms with Gasteiger partial charge in [-0.2, -0.15) is 0 Å². The highest BCUT2D eigenvalue weighted by molar-refractivity contribution is 9.10. The van der Waals surface area contributed by atoms with Gasteiger partial charge in [0, 0.05) is 18.4 Å². The van der Waals surface area contributed by atoms with Gasteiger partial charge in [0.1, 0.15) is 0 Å². The van der Waals surface area contributed by atoms with Crippen molar-refractivity contribution in [2.45, 2.75) is 31.7 Å². The molecule has 2 atom stereocenters. The second-order valence-electron chi connectivity index (χ2n) is 4.39. The number of aromatic nitrogens is 1. The van der Waals surface area contributed by atoms with Gasteiger partial charge in [-0.05, 0) is 47.3 Å². The quantitative estimate of drug-likeness (QED) is 0.897. The van der Waals surface area contributed by atoms with Crippen LogP contribution < -0.4 is 11.1 Å². The molecule has 0 aliphatic heterocycles. The van der Waals surface area contributed by atoms with E-state index >= 15 is 0 Å². The minimum atomic E-state index is 0.512. The Balaban J connectivity index is 2.05. The zero-order valence-corrected chi connectivity index (χ0v) is 10.9. The summed E-state index contributed by atoms with van der Waals surface area (Å²) in [5, 5.41) is 3.58. The molecule has 3 N–H and O–H groups in total. The standard InChI is InChI=1S/C12H18BrN3/c13-10-8-15-6-5-12(10)16-11-4-2-1-3-9(11)7-14/h5-6,8-9,11H,1-4,7,14H2,(H,15,16). The number of pyridine rings is 1. The Morgan fingerprint density at radius 1 is 1.44 bits per heavy atom. The van der Waals surface area contributed by atoms with E-state index in [9.17, 15) is 0 Å². The van der Waals surface area contributed by atoms with Crippen LogP contribution in [0.15, 0.2) is 22.9 Å². The van der Waals surface area contributed by atoms with E-state index in [-0.39, 0.29) is 0 Å². The molecule has 2 unspecified atom stereocenters. The Bertz CT molecular complexity index is 343. The molecular weight excluding hydrogens is 266 g/mol. The first-order valence-corrected chi connectivity index (χ1v) is 6.66. The summed E-state index contributed by atoms with van der Waals surface area (Å²) in [4.78, 5) is 4.07. The lowest BCUT2D eigenvalue weighted by atomic mass is 9.84. The molecule has 16 heavy (non-hydrogen) atoms. The molecule has 0 amide bonds. The minimum Gasteiger partial charge on any atom is -0.381 e. The summed E-state index contributed by atoms with van der Waals surface area (Å²) in [6.07, 6.45) is 8.72. The van der Waals surface area contributed by atoms with Gasteiger partial charge in [-0.15, -0.1) is 0 Å². The highest BCUT2D eigenvalue weighted by Crippen LogP contribution is 2.29. The Kier molecular flexibility index (Phi) is 4.18. The zero-order chi connectivity index (χ0) is 11.4. The lowest BCUT2D eigenvalue weighted by molar-refractivity contribution is 0.332. The Labute approximate surface area is 105 Å². The third kappa shape index (κ3) is 2.74. The first-order valence-electron chi connectivity index (χ1n) is 5.87. The maximum atomic E-state index is 5.82. The molecule has 4 heteroatoms. The molecule has 0 radical (unpaired) electrons. The van der Waals surface area contributed by atoms with Gasteiger partial charge in [0.25, 0.3) is 0 Å². The molecular formula is C12H18BrN3. The largest absolute Gasteiger partial charge is 0.381 e. The second kappa shape index (κ2) is 5.64. The number of anilines is 1. The Morgan fingerprint density at radius 3 is 3.00 bits per heavy atom. The van der Waals surface area contributed by atoms with Gasteiger partial charge >= 0.3 is 0 Å². The minimum absolute atomic E-state index is 0.512. The number of nitrogens with one attached hydrogen (secondary N) is 1. The molecule has 0 aromatic carbocycles. The van der Waals surface area contributed by atoms with Crippen LogP contribution in [0.2, 0.25) is 0 Å². The molecule has 2 rings (SSSR count). The van der Waals surface area contributed by atoms with Crippen LogP contribution in [0.1, 0.15) is 25.7 Å². The summed E-state index contributed by atoms with van der Waals surface area (Å²) in [6, 6.07) is 2.52. The van der Waals surface area contributed by atoms with Crippen molar-refractivity contribution in [3.05, 3.63) is 22.9 Å². The fraction of sp³-hybridized carbons (Fsp3) is 0.583. The lowest BCUT2D eigenvalue weighted by Crippen LogP contribution is -2.36. The topological polar surface area (TPSA) is 50.9 Å². The van der Waals surface area contributed by atoms with Crippen LogP contribution in [0.25, 0.3) is 0 Å². The van der Waals surface area contributed by atoms with E-state index in [0.29, 0.717) is 12.0 Å². The summed E-state index contributed by atoms with van der Waals surface area (Å²) >= 11 is 3.51. The van der Waals surface area contributed by atoms with E-state index in [1.54, 1.807) is 0 Å². The fourth-order valence-corrected chi connectivity index (χ4v) is 2.74. The van der Waals surface area contributed by atoms with Gasteiger partial charge in [0.05, 0.1) is 10.2 Å². The van der Waals surface area contributed by atoms with Crippen molar-refractivity contribution >= 4 is 21.6 Å². The maximum Gasteiger partial charge on any atom is 0.0590 e. The van der Waals surface area contributed by atoms with Crippen LogP contribution in [0.3, 0.4) is 0 Å². The van der Waals surface area contributed by atoms with Crippen molar-refractivity contribution in [1.82, 2.24) is 4.98 Å². The zero-order valence-electron chi connectivity index (χ0n) is 9.32. The number of nitrogens with two attached hydrogens (primary N) is 1. The third-order valence-electron chi connectivity index (χ3n) is 3.33. The molecule has 0 spiro atoms. The van der Waals surface area contributed by atoms with Gasteiger partial charge in [0.15, 0.2) is 0 Å². The summed E-state index contributed by atoms with van der Waals surface area (Å²) < 4.78 is 1.02. The molecule has 1 aliphatic rings. The van der Waals surface area contributed by atoms with Crippen molar-refractivity contribution in [2.75, 3.05) is 11.9 Å². The molecule has 0 bridgehead atoms. The molecule has 1 saturated carbocycles. The molecule has 1 fully saturated rings. The van der Waals surface area contributed by atoms with E-state index in [0.717, 1.165) is 16.7 Å². The molecule has 1 heterocycles. The van der Waals surface area contributed by atoms with Crippen molar-refractivity contribution in [2.24, 2.45) is 11.7 Å². The molecule has 1 aromatic heterocycles. The van der Waals surface area contributed by atoms with Gasteiger partial charge < -0.3 is 11.1 Å². The van der Waals surface area contributed by atoms with Crippen LogP contribution >= 0.6 is 15.9 Å². The van der Waals surface area contributed by atoms with Crippen molar-refractivity contribution in [3.63, 3.8) is 0 Å². The molecule has 88 valence electrons. The van der Waals surface area contributed by atoms with Crippen molar-refractivity contribution in [3.8, 4) is 0 Å². The molecule has 1 aromatic rings. The Hall–Kier alpha value is -0.610. The summed E-state index contributed by atoms with van der Waals surface area (Å²) in [5.74, 6) is 0.605. The number of hydrogen-bond donors (Lipinski definition) is 2. The van der Waals surface area contributed by atoms with Gasteiger partial charge in [-0.1, -0.05) is 12.8 Å². The first kappa shape index (κ1) is 11.9. The second-order valence-corrected chi connectivity index (χ2v) is 5.24. The van der Waals surface area contributed by atoms with Crippen LogP contribution in [0, 0.1) is 5.92 Å². The number of rotatable bonds is 3. The van der Waals surface area contributed by atoms with E-state index in [4.69, 9.17) is 5.73 Å². The van der Waals surface area contributed by atoms with Crippen LogP contribution in [-0.4, -0.2) is 17.6 Å². The van der Waals surface area contributed by atoms with E-state index in [2.05, 4.69) is 26.2 Å². The van der Waals surface area contributed by atoms with E-state index in [1.165, 1.54) is 25.7 Å². The Morgan fingerprint density at radius 2 is 2.25 bits per heavy atom. The maximum absolute atomic E-state index is 5.82. The van der Waals surface area contributed by atoms with E-state index < -0.39 is 0 Å². The number of nitrogens with zero attached hydrogens (tertiary/aromatic N) is 1. The fourth-order valence-electron chi connectivity index (χ4n) is 2.37. The van der Waals surface area contributed by atoms with E-state index in [1.807, 2.05) is 18.5 Å².